The lowest BCUT2D eigenvalue weighted by molar-refractivity contribution is -0.199. The molecule has 2 aromatic rings. The molecule has 2 saturated carbocycles. The predicted octanol–water partition coefficient (Wildman–Crippen LogP) is 4.24. The highest BCUT2D eigenvalue weighted by Crippen LogP contribution is 2.63. The Balaban J connectivity index is 1.37. The van der Waals surface area contributed by atoms with Crippen LogP contribution in [0.2, 0.25) is 0 Å². The highest BCUT2D eigenvalue weighted by molar-refractivity contribution is 7.90. The monoisotopic (exact) mass is 445 g/mol. The number of hydrogen-bond acceptors (Lipinski definition) is 8. The summed E-state index contributed by atoms with van der Waals surface area (Å²) in [6.45, 7) is 4.70. The van der Waals surface area contributed by atoms with Crippen LogP contribution in [-0.2, 0) is 28.6 Å². The first-order valence-corrected chi connectivity index (χ1v) is 12.1. The van der Waals surface area contributed by atoms with Gasteiger partial charge in [-0.1, -0.05) is 25.1 Å². The third-order valence-corrected chi connectivity index (χ3v) is 8.87. The molecule has 2 fully saturated rings. The lowest BCUT2D eigenvalue weighted by atomic mass is 9.54. The quantitative estimate of drug-likeness (QED) is 0.282. The molecule has 5 atom stereocenters. The Labute approximate surface area is 187 Å². The molecule has 9 heteroatoms. The van der Waals surface area contributed by atoms with Crippen LogP contribution in [0.4, 0.5) is 0 Å². The average molecular weight is 446 g/mol. The van der Waals surface area contributed by atoms with E-state index in [9.17, 15) is 0 Å². The zero-order chi connectivity index (χ0) is 21.4. The SMILES string of the molecule is CCc1cc2c(cc1OSOON)CCC1C2CC[C@@]2(C)C1CC[C@@H]2Cc1nn[nH]n1. The van der Waals surface area contributed by atoms with E-state index in [0.717, 1.165) is 55.0 Å². The van der Waals surface area contributed by atoms with E-state index in [1.54, 1.807) is 5.56 Å². The first kappa shape index (κ1) is 21.2. The van der Waals surface area contributed by atoms with Crippen LogP contribution in [0.1, 0.15) is 74.4 Å². The summed E-state index contributed by atoms with van der Waals surface area (Å²) in [6.07, 6.45) is 9.37. The number of nitrogens with zero attached hydrogens (tertiary/aromatic N) is 3. The van der Waals surface area contributed by atoms with Crippen molar-refractivity contribution in [1.82, 2.24) is 20.6 Å². The van der Waals surface area contributed by atoms with Gasteiger partial charge in [0, 0.05) is 6.42 Å². The predicted molar refractivity (Wildman–Crippen MR) is 116 cm³/mol. The molecule has 1 heterocycles. The lowest BCUT2D eigenvalue weighted by Crippen LogP contribution is -2.42. The second kappa shape index (κ2) is 8.69. The molecule has 0 spiro atoms. The van der Waals surface area contributed by atoms with E-state index in [1.165, 1.54) is 43.2 Å². The van der Waals surface area contributed by atoms with Gasteiger partial charge in [0.1, 0.15) is 5.75 Å². The second-order valence-corrected chi connectivity index (χ2v) is 10.0. The second-order valence-electron chi connectivity index (χ2n) is 9.59. The van der Waals surface area contributed by atoms with Crippen LogP contribution in [0.5, 0.6) is 5.75 Å². The van der Waals surface area contributed by atoms with E-state index < -0.39 is 0 Å². The van der Waals surface area contributed by atoms with E-state index in [-0.39, 0.29) is 0 Å². The van der Waals surface area contributed by atoms with Crippen molar-refractivity contribution in [2.75, 3.05) is 0 Å². The molecule has 168 valence electrons. The largest absolute Gasteiger partial charge is 0.398 e. The van der Waals surface area contributed by atoms with E-state index >= 15 is 0 Å². The number of fused-ring (bicyclic) bond motifs is 5. The first-order chi connectivity index (χ1) is 15.1. The van der Waals surface area contributed by atoms with Crippen molar-refractivity contribution in [3.8, 4) is 5.75 Å². The van der Waals surface area contributed by atoms with Crippen molar-refractivity contribution in [2.45, 2.75) is 71.1 Å². The maximum atomic E-state index is 5.69. The summed E-state index contributed by atoms with van der Waals surface area (Å²) in [4.78, 5) is 4.14. The first-order valence-electron chi connectivity index (χ1n) is 11.4. The Morgan fingerprint density at radius 1 is 1.26 bits per heavy atom. The van der Waals surface area contributed by atoms with Crippen molar-refractivity contribution in [2.24, 2.45) is 29.1 Å². The van der Waals surface area contributed by atoms with Gasteiger partial charge in [-0.15, -0.1) is 19.5 Å². The maximum Gasteiger partial charge on any atom is 0.260 e. The highest BCUT2D eigenvalue weighted by Gasteiger charge is 2.54. The van der Waals surface area contributed by atoms with E-state index in [1.807, 2.05) is 0 Å². The van der Waals surface area contributed by atoms with Crippen LogP contribution >= 0.6 is 12.3 Å². The highest BCUT2D eigenvalue weighted by atomic mass is 32.2. The molecular weight excluding hydrogens is 414 g/mol. The molecule has 3 N–H and O–H groups in total. The molecule has 8 nitrogen and oxygen atoms in total. The summed E-state index contributed by atoms with van der Waals surface area (Å²) in [7, 11) is 0. The number of nitrogens with one attached hydrogen (secondary N) is 1. The Hall–Kier alpha value is -1.68. The third-order valence-electron chi connectivity index (χ3n) is 8.49. The van der Waals surface area contributed by atoms with Crippen molar-refractivity contribution in [1.29, 1.82) is 0 Å². The van der Waals surface area contributed by atoms with Gasteiger partial charge in [-0.05, 0) is 96.8 Å². The number of aromatic nitrogens is 4. The molecule has 1 aromatic heterocycles. The molecule has 1 aromatic carbocycles. The summed E-state index contributed by atoms with van der Waals surface area (Å²) in [6, 6.07) is 4.60. The van der Waals surface area contributed by atoms with Crippen LogP contribution in [-0.4, -0.2) is 20.6 Å². The minimum atomic E-state index is 0.381. The van der Waals surface area contributed by atoms with Crippen LogP contribution in [0.3, 0.4) is 0 Å². The van der Waals surface area contributed by atoms with Crippen LogP contribution in [0.15, 0.2) is 12.1 Å². The number of H-pyrrole nitrogens is 1. The molecule has 31 heavy (non-hydrogen) atoms. The van der Waals surface area contributed by atoms with Gasteiger partial charge in [-0.3, -0.25) is 0 Å². The summed E-state index contributed by atoms with van der Waals surface area (Å²) in [5.41, 5.74) is 4.56. The zero-order valence-electron chi connectivity index (χ0n) is 18.2. The van der Waals surface area contributed by atoms with Gasteiger partial charge in [-0.2, -0.15) is 11.1 Å². The molecule has 3 unspecified atom stereocenters. The normalized spacial score (nSPS) is 31.7. The van der Waals surface area contributed by atoms with Gasteiger partial charge < -0.3 is 4.18 Å². The molecule has 0 amide bonds. The number of hydrogen-bond donors (Lipinski definition) is 2. The van der Waals surface area contributed by atoms with Crippen molar-refractivity contribution in [3.05, 3.63) is 34.6 Å². The Morgan fingerprint density at radius 3 is 2.94 bits per heavy atom. The van der Waals surface area contributed by atoms with Gasteiger partial charge in [0.15, 0.2) is 5.82 Å². The number of aromatic amines is 1. The Bertz CT molecular complexity index is 911. The molecule has 3 aliphatic rings. The molecule has 0 radical (unpaired) electrons. The number of benzene rings is 1. The van der Waals surface area contributed by atoms with E-state index in [2.05, 4.69) is 55.9 Å². The topological polar surface area (TPSA) is 108 Å². The summed E-state index contributed by atoms with van der Waals surface area (Å²) >= 11 is 0.759. The Morgan fingerprint density at radius 2 is 2.16 bits per heavy atom. The third kappa shape index (κ3) is 3.75. The minimum absolute atomic E-state index is 0.381. The molecule has 0 bridgehead atoms. The molecule has 3 aliphatic carbocycles. The standard InChI is InChI=1S/C22H31N5O3S/c1-3-13-10-18-14(11-20(13)28-31-30-29-23)4-6-17-16(18)8-9-22(2)15(5-7-19(17)22)12-21-24-26-27-25-21/h10-11,15-17,19H,3-9,12,23H2,1-2H3,(H,24,25,26,27)/t15-,16?,17?,19?,22-/m1/s1. The maximum absolute atomic E-state index is 5.69. The molecular formula is C22H31N5O3S. The number of aryl methyl sites for hydroxylation is 2. The van der Waals surface area contributed by atoms with Gasteiger partial charge >= 0.3 is 0 Å². The average Bonchev–Trinajstić information content (AvgIpc) is 3.41. The zero-order valence-corrected chi connectivity index (χ0v) is 19.0. The van der Waals surface area contributed by atoms with Crippen LogP contribution < -0.4 is 10.1 Å². The van der Waals surface area contributed by atoms with Crippen LogP contribution in [0.25, 0.3) is 0 Å². The van der Waals surface area contributed by atoms with Crippen LogP contribution in [0, 0.1) is 23.2 Å². The van der Waals surface area contributed by atoms with Gasteiger partial charge in [0.05, 0.1) is 0 Å². The fraction of sp³-hybridized carbons (Fsp3) is 0.682. The van der Waals surface area contributed by atoms with Gasteiger partial charge in [0.2, 0.25) is 0 Å². The number of tetrazole rings is 1. The lowest BCUT2D eigenvalue weighted by Gasteiger charge is -2.51. The van der Waals surface area contributed by atoms with Crippen molar-refractivity contribution < 1.29 is 13.5 Å². The van der Waals surface area contributed by atoms with Crippen molar-refractivity contribution in [3.63, 3.8) is 0 Å². The van der Waals surface area contributed by atoms with Gasteiger partial charge in [0.25, 0.3) is 12.3 Å². The molecule has 0 saturated heterocycles. The van der Waals surface area contributed by atoms with E-state index in [0.29, 0.717) is 17.3 Å². The summed E-state index contributed by atoms with van der Waals surface area (Å²) in [5, 5.41) is 14.8. The smallest absolute Gasteiger partial charge is 0.260 e. The fourth-order valence-electron chi connectivity index (χ4n) is 7.00. The number of rotatable bonds is 7. The summed E-state index contributed by atoms with van der Waals surface area (Å²) < 4.78 is 10.3. The van der Waals surface area contributed by atoms with E-state index in [4.69, 9.17) is 10.1 Å². The molecule has 5 rings (SSSR count). The number of nitrogens with two attached hydrogens (primary N) is 1. The van der Waals surface area contributed by atoms with Gasteiger partial charge in [-0.25, -0.2) is 0 Å². The minimum Gasteiger partial charge on any atom is -0.398 e. The Kier molecular flexibility index (Phi) is 5.94. The molecule has 0 aliphatic heterocycles. The van der Waals surface area contributed by atoms with Crippen molar-refractivity contribution >= 4 is 12.3 Å². The fourth-order valence-corrected chi connectivity index (χ4v) is 7.29. The summed E-state index contributed by atoms with van der Waals surface area (Å²) in [5.74, 6) is 9.48.